The molecular weight excluding hydrogens is 224 g/mol. The molecule has 0 radical (unpaired) electrons. The van der Waals surface area contributed by atoms with Gasteiger partial charge in [0.25, 0.3) is 0 Å². The van der Waals surface area contributed by atoms with E-state index in [-0.39, 0.29) is 0 Å². The van der Waals surface area contributed by atoms with Crippen LogP contribution in [0.15, 0.2) is 16.0 Å². The molecule has 6 heteroatoms. The van der Waals surface area contributed by atoms with Crippen molar-refractivity contribution in [3.63, 3.8) is 0 Å². The summed E-state index contributed by atoms with van der Waals surface area (Å²) in [5, 5.41) is 13.1. The fourth-order valence-electron chi connectivity index (χ4n) is 1.26. The first-order chi connectivity index (χ1) is 7.75. The van der Waals surface area contributed by atoms with Gasteiger partial charge in [0.1, 0.15) is 0 Å². The minimum Gasteiger partial charge on any atom is -0.360 e. The lowest BCUT2D eigenvalue weighted by Gasteiger charge is -1.97. The largest absolute Gasteiger partial charge is 0.360 e. The molecule has 0 unspecified atom stereocenters. The molecule has 5 nitrogen and oxygen atoms in total. The summed E-state index contributed by atoms with van der Waals surface area (Å²) in [5.41, 5.74) is 1.95. The van der Waals surface area contributed by atoms with Crippen molar-refractivity contribution < 1.29 is 4.52 Å². The third-order valence-electron chi connectivity index (χ3n) is 2.18. The summed E-state index contributed by atoms with van der Waals surface area (Å²) in [7, 11) is 0. The Balaban J connectivity index is 1.81. The van der Waals surface area contributed by atoms with Gasteiger partial charge in [0.15, 0.2) is 5.76 Å². The van der Waals surface area contributed by atoms with E-state index in [9.17, 15) is 0 Å². The molecule has 0 saturated heterocycles. The normalized spacial score (nSPS) is 11.2. The zero-order valence-corrected chi connectivity index (χ0v) is 10.1. The van der Waals surface area contributed by atoms with Crippen molar-refractivity contribution in [2.24, 2.45) is 0 Å². The van der Waals surface area contributed by atoms with Gasteiger partial charge in [-0.1, -0.05) is 23.5 Å². The van der Waals surface area contributed by atoms with Crippen molar-refractivity contribution in [2.45, 2.75) is 32.9 Å². The van der Waals surface area contributed by atoms with Gasteiger partial charge < -0.3 is 9.84 Å². The maximum atomic E-state index is 5.20. The first-order valence-corrected chi connectivity index (χ1v) is 6.01. The maximum Gasteiger partial charge on any atom is 0.150 e. The van der Waals surface area contributed by atoms with Crippen LogP contribution in [0.3, 0.4) is 0 Å². The average molecular weight is 238 g/mol. The molecule has 86 valence electrons. The maximum absolute atomic E-state index is 5.20. The second-order valence-electron chi connectivity index (χ2n) is 3.87. The molecule has 0 aliphatic heterocycles. The Bertz CT molecular complexity index is 424. The highest BCUT2D eigenvalue weighted by Gasteiger charge is 2.07. The molecule has 0 bridgehead atoms. The highest BCUT2D eigenvalue weighted by molar-refractivity contribution is 7.03. The van der Waals surface area contributed by atoms with Gasteiger partial charge in [-0.15, -0.1) is 5.10 Å². The van der Waals surface area contributed by atoms with Crippen LogP contribution in [0.5, 0.6) is 0 Å². The number of nitrogens with zero attached hydrogens (tertiary/aromatic N) is 3. The molecule has 0 aliphatic rings. The number of nitrogens with one attached hydrogen (secondary N) is 1. The van der Waals surface area contributed by atoms with Gasteiger partial charge in [-0.05, 0) is 17.5 Å². The van der Waals surface area contributed by atoms with E-state index >= 15 is 0 Å². The number of rotatable bonds is 5. The van der Waals surface area contributed by atoms with Crippen LogP contribution < -0.4 is 5.32 Å². The topological polar surface area (TPSA) is 63.8 Å². The lowest BCUT2D eigenvalue weighted by Crippen LogP contribution is -2.12. The first kappa shape index (κ1) is 11.2. The summed E-state index contributed by atoms with van der Waals surface area (Å²) in [5.74, 6) is 1.26. The molecule has 2 rings (SSSR count). The third-order valence-corrected chi connectivity index (χ3v) is 2.73. The third kappa shape index (κ3) is 2.86. The molecule has 0 aromatic carbocycles. The van der Waals surface area contributed by atoms with E-state index in [2.05, 4.69) is 33.9 Å². The fraction of sp³-hybridized carbons (Fsp3) is 0.500. The van der Waals surface area contributed by atoms with Crippen molar-refractivity contribution >= 4 is 11.5 Å². The Morgan fingerprint density at radius 1 is 1.44 bits per heavy atom. The predicted molar refractivity (Wildman–Crippen MR) is 61.0 cm³/mol. The molecule has 1 N–H and O–H groups in total. The van der Waals surface area contributed by atoms with Gasteiger partial charge in [-0.2, -0.15) is 0 Å². The second-order valence-corrected chi connectivity index (χ2v) is 4.48. The van der Waals surface area contributed by atoms with Crippen LogP contribution in [0.2, 0.25) is 0 Å². The van der Waals surface area contributed by atoms with Crippen LogP contribution in [-0.2, 0) is 13.1 Å². The molecular formula is C10H14N4OS. The highest BCUT2D eigenvalue weighted by Crippen LogP contribution is 2.13. The molecule has 0 spiro atoms. The number of hydrogen-bond donors (Lipinski definition) is 1. The quantitative estimate of drug-likeness (QED) is 0.862. The van der Waals surface area contributed by atoms with Crippen molar-refractivity contribution in [2.75, 3.05) is 0 Å². The minimum atomic E-state index is 0.403. The van der Waals surface area contributed by atoms with Crippen LogP contribution in [0, 0.1) is 0 Å². The van der Waals surface area contributed by atoms with Crippen LogP contribution in [0.1, 0.15) is 36.9 Å². The van der Waals surface area contributed by atoms with Crippen LogP contribution in [-0.4, -0.2) is 14.7 Å². The SMILES string of the molecule is CC(C)c1cc(CNCc2csnn2)on1. The molecule has 2 aromatic heterocycles. The Hall–Kier alpha value is -1.27. The molecule has 16 heavy (non-hydrogen) atoms. The summed E-state index contributed by atoms with van der Waals surface area (Å²) < 4.78 is 8.99. The van der Waals surface area contributed by atoms with E-state index < -0.39 is 0 Å². The molecule has 0 saturated carbocycles. The summed E-state index contributed by atoms with van der Waals surface area (Å²) in [6, 6.07) is 1.98. The molecule has 2 aromatic rings. The van der Waals surface area contributed by atoms with Crippen molar-refractivity contribution in [3.05, 3.63) is 28.6 Å². The van der Waals surface area contributed by atoms with E-state index in [0.717, 1.165) is 17.1 Å². The minimum absolute atomic E-state index is 0.403. The van der Waals surface area contributed by atoms with E-state index in [1.54, 1.807) is 0 Å². The Morgan fingerprint density at radius 2 is 2.31 bits per heavy atom. The summed E-state index contributed by atoms with van der Waals surface area (Å²) in [6.07, 6.45) is 0. The highest BCUT2D eigenvalue weighted by atomic mass is 32.1. The van der Waals surface area contributed by atoms with Gasteiger partial charge in [0.2, 0.25) is 0 Å². The Morgan fingerprint density at radius 3 is 2.94 bits per heavy atom. The smallest absolute Gasteiger partial charge is 0.150 e. The number of hydrogen-bond acceptors (Lipinski definition) is 6. The van der Waals surface area contributed by atoms with E-state index in [0.29, 0.717) is 19.0 Å². The average Bonchev–Trinajstić information content (AvgIpc) is 2.87. The molecule has 0 atom stereocenters. The fourth-order valence-corrected chi connectivity index (χ4v) is 1.71. The summed E-state index contributed by atoms with van der Waals surface area (Å²) in [6.45, 7) is 5.55. The Kier molecular flexibility index (Phi) is 3.63. The first-order valence-electron chi connectivity index (χ1n) is 5.18. The zero-order valence-electron chi connectivity index (χ0n) is 9.30. The monoisotopic (exact) mass is 238 g/mol. The summed E-state index contributed by atoms with van der Waals surface area (Å²) >= 11 is 1.36. The van der Waals surface area contributed by atoms with Crippen LogP contribution >= 0.6 is 11.5 Å². The molecule has 0 amide bonds. The van der Waals surface area contributed by atoms with Crippen LogP contribution in [0.4, 0.5) is 0 Å². The van der Waals surface area contributed by atoms with Gasteiger partial charge in [-0.25, -0.2) is 0 Å². The van der Waals surface area contributed by atoms with Crippen molar-refractivity contribution in [1.82, 2.24) is 20.1 Å². The zero-order chi connectivity index (χ0) is 11.4. The second kappa shape index (κ2) is 5.18. The lowest BCUT2D eigenvalue weighted by atomic mass is 10.1. The lowest BCUT2D eigenvalue weighted by molar-refractivity contribution is 0.365. The molecule has 0 fully saturated rings. The van der Waals surface area contributed by atoms with E-state index in [1.807, 2.05) is 11.4 Å². The van der Waals surface area contributed by atoms with Gasteiger partial charge in [0, 0.05) is 18.0 Å². The molecule has 2 heterocycles. The van der Waals surface area contributed by atoms with Gasteiger partial charge in [0.05, 0.1) is 17.9 Å². The molecule has 0 aliphatic carbocycles. The predicted octanol–water partition coefficient (Wildman–Crippen LogP) is 1.94. The van der Waals surface area contributed by atoms with E-state index in [4.69, 9.17) is 4.52 Å². The van der Waals surface area contributed by atoms with Crippen molar-refractivity contribution in [3.8, 4) is 0 Å². The standard InChI is InChI=1S/C10H14N4OS/c1-7(2)10-3-9(15-13-10)5-11-4-8-6-16-14-12-8/h3,6-7,11H,4-5H2,1-2H3. The van der Waals surface area contributed by atoms with Crippen molar-refractivity contribution in [1.29, 1.82) is 0 Å². The number of aromatic nitrogens is 3. The Labute approximate surface area is 98.0 Å². The van der Waals surface area contributed by atoms with Gasteiger partial charge in [-0.3, -0.25) is 0 Å². The summed E-state index contributed by atoms with van der Waals surface area (Å²) in [4.78, 5) is 0. The van der Waals surface area contributed by atoms with Gasteiger partial charge >= 0.3 is 0 Å². The van der Waals surface area contributed by atoms with Crippen LogP contribution in [0.25, 0.3) is 0 Å². The van der Waals surface area contributed by atoms with E-state index in [1.165, 1.54) is 11.5 Å².